The number of esters is 2. The first-order valence-corrected chi connectivity index (χ1v) is 5.27. The van der Waals surface area contributed by atoms with Crippen molar-refractivity contribution in [2.75, 3.05) is 5.34 Å². The third-order valence-corrected chi connectivity index (χ3v) is 0.854. The van der Waals surface area contributed by atoms with Gasteiger partial charge in [0.15, 0.2) is 0 Å². The van der Waals surface area contributed by atoms with Gasteiger partial charge in [0, 0.05) is 26.2 Å². The quantitative estimate of drug-likeness (QED) is 0.411. The van der Waals surface area contributed by atoms with E-state index in [1.807, 2.05) is 18.2 Å². The molecule has 1 rings (SSSR count). The van der Waals surface area contributed by atoms with Crippen LogP contribution in [0.3, 0.4) is 0 Å². The highest BCUT2D eigenvalue weighted by Gasteiger charge is 1.93. The molecule has 0 amide bonds. The lowest BCUT2D eigenvalue weighted by Crippen LogP contribution is -2.03. The molecule has 1 aromatic heterocycles. The predicted octanol–water partition coefficient (Wildman–Crippen LogP) is 2.60. The first-order valence-electron chi connectivity index (χ1n) is 4.20. The highest BCUT2D eigenvalue weighted by molar-refractivity contribution is 6.40. The molecule has 0 bridgehead atoms. The van der Waals surface area contributed by atoms with Crippen molar-refractivity contribution in [3.8, 4) is 0 Å². The fourth-order valence-electron chi connectivity index (χ4n) is 0.515. The lowest BCUT2D eigenvalue weighted by molar-refractivity contribution is -0.156. The Morgan fingerprint density at radius 2 is 1.44 bits per heavy atom. The number of aromatic nitrogens is 1. The van der Waals surface area contributed by atoms with Gasteiger partial charge in [0.05, 0.1) is 5.34 Å². The number of nitrogens with zero attached hydrogens (tertiary/aromatic N) is 1. The molecule has 0 N–H and O–H groups in total. The number of carbonyl (C=O) groups excluding carboxylic acids is 2. The third kappa shape index (κ3) is 23.0. The van der Waals surface area contributed by atoms with Gasteiger partial charge in [-0.25, -0.2) is 0 Å². The Hall–Kier alpha value is -1.13. The molecule has 16 heavy (non-hydrogen) atoms. The summed E-state index contributed by atoms with van der Waals surface area (Å²) in [5.41, 5.74) is 0. The highest BCUT2D eigenvalue weighted by Crippen LogP contribution is 1.74. The minimum atomic E-state index is -0.562. The summed E-state index contributed by atoms with van der Waals surface area (Å²) < 4.78 is 3.97. The van der Waals surface area contributed by atoms with Gasteiger partial charge >= 0.3 is 11.9 Å². The summed E-state index contributed by atoms with van der Waals surface area (Å²) in [6.45, 7) is 2.36. The lowest BCUT2D eigenvalue weighted by Gasteiger charge is -1.87. The number of halogens is 2. The van der Waals surface area contributed by atoms with Crippen LogP contribution in [0.1, 0.15) is 13.8 Å². The number of ether oxygens (including phenoxy) is 1. The molecule has 0 aliphatic carbocycles. The van der Waals surface area contributed by atoms with Crippen LogP contribution in [0.2, 0.25) is 0 Å². The zero-order valence-corrected chi connectivity index (χ0v) is 10.5. The molecule has 6 heteroatoms. The molecule has 0 unspecified atom stereocenters. The Morgan fingerprint density at radius 3 is 1.50 bits per heavy atom. The Bertz CT molecular complexity index is 242. The van der Waals surface area contributed by atoms with E-state index < -0.39 is 11.9 Å². The van der Waals surface area contributed by atoms with Crippen molar-refractivity contribution < 1.29 is 14.3 Å². The van der Waals surface area contributed by atoms with Gasteiger partial charge in [-0.3, -0.25) is 14.6 Å². The molecule has 0 aromatic carbocycles. The first-order chi connectivity index (χ1) is 7.54. The maximum atomic E-state index is 9.81. The Kier molecular flexibility index (Phi) is 15.0. The second-order valence-electron chi connectivity index (χ2n) is 2.21. The first kappa shape index (κ1) is 17.3. The van der Waals surface area contributed by atoms with Crippen molar-refractivity contribution >= 4 is 35.1 Å². The predicted molar refractivity (Wildman–Crippen MR) is 63.3 cm³/mol. The fourth-order valence-corrected chi connectivity index (χ4v) is 0.515. The van der Waals surface area contributed by atoms with Crippen LogP contribution in [0, 0.1) is 0 Å². The van der Waals surface area contributed by atoms with Crippen molar-refractivity contribution in [1.82, 2.24) is 4.98 Å². The number of alkyl halides is 2. The van der Waals surface area contributed by atoms with E-state index in [9.17, 15) is 9.59 Å². The van der Waals surface area contributed by atoms with Crippen molar-refractivity contribution in [3.63, 3.8) is 0 Å². The molecule has 0 atom stereocenters. The maximum Gasteiger partial charge on any atom is 0.310 e. The number of carbonyl (C=O) groups is 2. The van der Waals surface area contributed by atoms with Crippen LogP contribution in [0.15, 0.2) is 30.6 Å². The average Bonchev–Trinajstić information content (AvgIpc) is 2.20. The van der Waals surface area contributed by atoms with Crippen LogP contribution >= 0.6 is 23.2 Å². The molecule has 0 saturated carbocycles. The van der Waals surface area contributed by atoms with Gasteiger partial charge in [-0.15, -0.1) is 23.2 Å². The largest absolute Gasteiger partial charge is 0.394 e. The second-order valence-corrected chi connectivity index (χ2v) is 3.02. The lowest BCUT2D eigenvalue weighted by atomic mass is 10.5. The summed E-state index contributed by atoms with van der Waals surface area (Å²) in [6.07, 6.45) is 3.50. The summed E-state index contributed by atoms with van der Waals surface area (Å²) in [5, 5.41) is 0.194. The zero-order chi connectivity index (χ0) is 12.8. The van der Waals surface area contributed by atoms with E-state index in [1.54, 1.807) is 12.4 Å². The highest BCUT2D eigenvalue weighted by atomic mass is 35.5. The monoisotopic (exact) mass is 265 g/mol. The molecule has 0 radical (unpaired) electrons. The van der Waals surface area contributed by atoms with Crippen molar-refractivity contribution in [2.45, 2.75) is 13.8 Å². The van der Waals surface area contributed by atoms with Crippen molar-refractivity contribution in [3.05, 3.63) is 30.6 Å². The average molecular weight is 266 g/mol. The second kappa shape index (κ2) is 13.9. The Labute approximate surface area is 105 Å². The van der Waals surface area contributed by atoms with Crippen molar-refractivity contribution in [1.29, 1.82) is 0 Å². The Morgan fingerprint density at radius 1 is 1.06 bits per heavy atom. The summed E-state index contributed by atoms with van der Waals surface area (Å²) in [7, 11) is 0. The molecule has 1 aromatic rings. The van der Waals surface area contributed by atoms with E-state index in [2.05, 4.69) is 9.72 Å². The van der Waals surface area contributed by atoms with Gasteiger partial charge in [0.1, 0.15) is 0 Å². The molecule has 1 heterocycles. The van der Waals surface area contributed by atoms with E-state index >= 15 is 0 Å². The number of hydrogen-bond donors (Lipinski definition) is 0. The summed E-state index contributed by atoms with van der Waals surface area (Å²) in [5.74, 6) is -1.12. The van der Waals surface area contributed by atoms with E-state index in [-0.39, 0.29) is 5.34 Å². The molecule has 0 aliphatic rings. The van der Waals surface area contributed by atoms with Crippen LogP contribution in [-0.2, 0) is 14.3 Å². The minimum absolute atomic E-state index is 0.194. The van der Waals surface area contributed by atoms with Crippen LogP contribution in [0.4, 0.5) is 0 Å². The van der Waals surface area contributed by atoms with E-state index in [1.165, 1.54) is 13.8 Å². The third-order valence-electron chi connectivity index (χ3n) is 0.854. The van der Waals surface area contributed by atoms with Crippen LogP contribution in [0.25, 0.3) is 0 Å². The van der Waals surface area contributed by atoms with E-state index in [0.29, 0.717) is 0 Å². The summed E-state index contributed by atoms with van der Waals surface area (Å²) in [4.78, 5) is 23.4. The molecule has 0 saturated heterocycles. The van der Waals surface area contributed by atoms with Crippen LogP contribution < -0.4 is 0 Å². The van der Waals surface area contributed by atoms with Gasteiger partial charge in [-0.2, -0.15) is 0 Å². The molecule has 0 fully saturated rings. The standard InChI is InChI=1S/C5H5N.C4H6O3.CH2Cl2/c1-2-4-6-5-3-1;1-3(5)7-4(2)6;2-1-3/h1-5H;1-2H3;1H2. The van der Waals surface area contributed by atoms with Gasteiger partial charge < -0.3 is 4.74 Å². The van der Waals surface area contributed by atoms with E-state index in [0.717, 1.165) is 0 Å². The molecule has 4 nitrogen and oxygen atoms in total. The van der Waals surface area contributed by atoms with Gasteiger partial charge in [-0.1, -0.05) is 6.07 Å². The number of hydrogen-bond acceptors (Lipinski definition) is 4. The summed E-state index contributed by atoms with van der Waals surface area (Å²) >= 11 is 9.53. The fraction of sp³-hybridized carbons (Fsp3) is 0.300. The molecular weight excluding hydrogens is 253 g/mol. The van der Waals surface area contributed by atoms with Crippen LogP contribution in [-0.4, -0.2) is 22.3 Å². The number of pyridine rings is 1. The van der Waals surface area contributed by atoms with Crippen LogP contribution in [0.5, 0.6) is 0 Å². The summed E-state index contributed by atoms with van der Waals surface area (Å²) in [6, 6.07) is 5.72. The molecule has 0 spiro atoms. The van der Waals surface area contributed by atoms with Gasteiger partial charge in [0.25, 0.3) is 0 Å². The zero-order valence-electron chi connectivity index (χ0n) is 9.02. The van der Waals surface area contributed by atoms with Gasteiger partial charge in [-0.05, 0) is 12.1 Å². The van der Waals surface area contributed by atoms with Crippen molar-refractivity contribution in [2.24, 2.45) is 0 Å². The van der Waals surface area contributed by atoms with E-state index in [4.69, 9.17) is 23.2 Å². The molecule has 90 valence electrons. The molecular formula is C10H13Cl2NO3. The topological polar surface area (TPSA) is 56.3 Å². The SMILES string of the molecule is CC(=O)OC(C)=O.ClCCl.c1ccncc1. The van der Waals surface area contributed by atoms with Gasteiger partial charge in [0.2, 0.25) is 0 Å². The molecule has 0 aliphatic heterocycles. The maximum absolute atomic E-state index is 9.81. The minimum Gasteiger partial charge on any atom is -0.394 e. The smallest absolute Gasteiger partial charge is 0.310 e. The number of rotatable bonds is 0. The Balaban J connectivity index is 0. The normalized spacial score (nSPS) is 7.50.